The van der Waals surface area contributed by atoms with Crippen molar-refractivity contribution in [2.45, 2.75) is 0 Å². The van der Waals surface area contributed by atoms with Gasteiger partial charge in [-0.25, -0.2) is 0 Å². The van der Waals surface area contributed by atoms with Crippen molar-refractivity contribution in [1.29, 1.82) is 0 Å². The molecule has 272 valence electrons. The first-order chi connectivity index (χ1) is 28.7. The molecule has 0 unspecified atom stereocenters. The van der Waals surface area contributed by atoms with Crippen molar-refractivity contribution < 1.29 is 0 Å². The van der Waals surface area contributed by atoms with Crippen molar-refractivity contribution in [3.05, 3.63) is 206 Å². The normalized spacial score (nSPS) is 11.8. The Morgan fingerprint density at radius 3 is 1.05 bits per heavy atom. The summed E-state index contributed by atoms with van der Waals surface area (Å²) in [6, 6.07) is 75.7. The van der Waals surface area contributed by atoms with Crippen LogP contribution in [-0.2, 0) is 0 Å². The van der Waals surface area contributed by atoms with Gasteiger partial charge in [0.15, 0.2) is 0 Å². The highest BCUT2D eigenvalue weighted by atomic mass is 32.1. The summed E-state index contributed by atoms with van der Waals surface area (Å²) in [5.41, 5.74) is 6.86. The van der Waals surface area contributed by atoms with Gasteiger partial charge in [0, 0.05) is 74.5 Å². The minimum atomic E-state index is 1.14. The Kier molecular flexibility index (Phi) is 7.62. The lowest BCUT2D eigenvalue weighted by molar-refractivity contribution is 1.30. The third-order valence-electron chi connectivity index (χ3n) is 11.5. The maximum atomic E-state index is 2.42. The molecule has 0 atom stereocenters. The van der Waals surface area contributed by atoms with E-state index in [1.807, 2.05) is 22.7 Å². The van der Waals surface area contributed by atoms with E-state index in [-0.39, 0.29) is 0 Å². The molecule has 12 aromatic rings. The van der Waals surface area contributed by atoms with Crippen LogP contribution in [0.2, 0.25) is 0 Å². The molecule has 0 fully saturated rings. The number of hydrogen-bond donors (Lipinski definition) is 0. The van der Waals surface area contributed by atoms with Gasteiger partial charge >= 0.3 is 0 Å². The Balaban J connectivity index is 1.00. The van der Waals surface area contributed by atoms with Gasteiger partial charge in [-0.05, 0) is 142 Å². The Morgan fingerprint density at radius 2 is 0.586 bits per heavy atom. The van der Waals surface area contributed by atoms with E-state index in [0.717, 1.165) is 34.1 Å². The minimum absolute atomic E-state index is 1.14. The zero-order chi connectivity index (χ0) is 38.2. The third-order valence-corrected chi connectivity index (χ3v) is 13.8. The number of benzene rings is 10. The summed E-state index contributed by atoms with van der Waals surface area (Å²) < 4.78 is 5.22. The van der Waals surface area contributed by atoms with Crippen LogP contribution in [0.3, 0.4) is 0 Å². The Hall–Kier alpha value is -6.98. The number of hydrogen-bond acceptors (Lipinski definition) is 4. The number of nitrogens with zero attached hydrogens (tertiary/aromatic N) is 2. The fraction of sp³-hybridized carbons (Fsp3) is 0. The maximum Gasteiger partial charge on any atom is 0.0468 e. The molecule has 0 N–H and O–H groups in total. The zero-order valence-electron chi connectivity index (χ0n) is 31.3. The average Bonchev–Trinajstić information content (AvgIpc) is 3.82. The number of anilines is 6. The lowest BCUT2D eigenvalue weighted by atomic mass is 10.0. The molecule has 4 heteroatoms. The monoisotopic (exact) mass is 774 g/mol. The quantitative estimate of drug-likeness (QED) is 0.166. The van der Waals surface area contributed by atoms with E-state index in [4.69, 9.17) is 0 Å². The van der Waals surface area contributed by atoms with Crippen LogP contribution in [0.1, 0.15) is 0 Å². The fourth-order valence-corrected chi connectivity index (χ4v) is 11.0. The highest BCUT2D eigenvalue weighted by Gasteiger charge is 2.18. The summed E-state index contributed by atoms with van der Waals surface area (Å²) in [5.74, 6) is 0. The molecule has 0 aliphatic rings. The van der Waals surface area contributed by atoms with Gasteiger partial charge in [-0.3, -0.25) is 0 Å². The summed E-state index contributed by atoms with van der Waals surface area (Å²) in [4.78, 5) is 4.76. The second-order valence-electron chi connectivity index (χ2n) is 15.0. The van der Waals surface area contributed by atoms with Crippen LogP contribution < -0.4 is 9.80 Å². The summed E-state index contributed by atoms with van der Waals surface area (Å²) in [7, 11) is 0. The molecule has 0 aliphatic carbocycles. The molecule has 0 spiro atoms. The number of rotatable bonds is 6. The standard InChI is InChI=1S/C54H34N2S2/c1-3-15-41(16-4-1)55(43-21-19-35-11-7-9-13-37(35)27-43)45-23-25-51-49(33-45)47-29-39-30-48-50-34-46(24-26-52(50)58-54(48)32-40(39)31-53(47)57-51)56(42-17-5-2-6-18-42)44-22-20-36-12-8-10-14-38(36)28-44/h1-34H. The molecule has 2 aromatic heterocycles. The van der Waals surface area contributed by atoms with Crippen molar-refractivity contribution >= 4 is 129 Å². The van der Waals surface area contributed by atoms with Crippen molar-refractivity contribution in [2.75, 3.05) is 9.80 Å². The van der Waals surface area contributed by atoms with E-state index in [9.17, 15) is 0 Å². The molecule has 2 heterocycles. The van der Waals surface area contributed by atoms with Crippen LogP contribution >= 0.6 is 22.7 Å². The van der Waals surface area contributed by atoms with E-state index in [1.165, 1.54) is 72.7 Å². The zero-order valence-corrected chi connectivity index (χ0v) is 33.0. The first kappa shape index (κ1) is 33.2. The topological polar surface area (TPSA) is 6.48 Å². The Bertz CT molecular complexity index is 3300. The van der Waals surface area contributed by atoms with Gasteiger partial charge in [-0.15, -0.1) is 22.7 Å². The lowest BCUT2D eigenvalue weighted by Gasteiger charge is -2.26. The molecule has 0 aliphatic heterocycles. The third kappa shape index (κ3) is 5.53. The van der Waals surface area contributed by atoms with Gasteiger partial charge in [0.1, 0.15) is 0 Å². The van der Waals surface area contributed by atoms with Crippen LogP contribution in [0, 0.1) is 0 Å². The largest absolute Gasteiger partial charge is 0.310 e. The smallest absolute Gasteiger partial charge is 0.0468 e. The molecule has 0 radical (unpaired) electrons. The van der Waals surface area contributed by atoms with Gasteiger partial charge in [-0.2, -0.15) is 0 Å². The second kappa shape index (κ2) is 13.3. The number of thiophene rings is 2. The van der Waals surface area contributed by atoms with Crippen LogP contribution in [0.25, 0.3) is 72.7 Å². The SMILES string of the molecule is c1ccc(N(c2ccc3ccccc3c2)c2ccc3sc4cc5cc6sc7ccc(N(c8ccccc8)c8ccc9ccccc9c8)cc7c6cc5cc4c3c2)cc1. The predicted molar refractivity (Wildman–Crippen MR) is 254 cm³/mol. The van der Waals surface area contributed by atoms with E-state index < -0.39 is 0 Å². The molecular formula is C54H34N2S2. The van der Waals surface area contributed by atoms with Crippen LogP contribution in [-0.4, -0.2) is 0 Å². The van der Waals surface area contributed by atoms with Crippen molar-refractivity contribution in [3.63, 3.8) is 0 Å². The summed E-state index contributed by atoms with van der Waals surface area (Å²) in [5, 5.41) is 12.7. The van der Waals surface area contributed by atoms with Crippen molar-refractivity contribution in [2.24, 2.45) is 0 Å². The second-order valence-corrected chi connectivity index (χ2v) is 17.2. The molecule has 10 aromatic carbocycles. The molecule has 12 rings (SSSR count). The van der Waals surface area contributed by atoms with Gasteiger partial charge in [-0.1, -0.05) is 97.1 Å². The number of para-hydroxylation sites is 2. The molecule has 2 nitrogen and oxygen atoms in total. The molecule has 0 amide bonds. The van der Waals surface area contributed by atoms with E-state index >= 15 is 0 Å². The number of fused-ring (bicyclic) bond motifs is 9. The summed E-state index contributed by atoms with van der Waals surface area (Å²) in [6.07, 6.45) is 0. The van der Waals surface area contributed by atoms with E-state index in [0.29, 0.717) is 0 Å². The highest BCUT2D eigenvalue weighted by Crippen LogP contribution is 2.45. The minimum Gasteiger partial charge on any atom is -0.310 e. The predicted octanol–water partition coefficient (Wildman–Crippen LogP) is 16.8. The van der Waals surface area contributed by atoms with Crippen molar-refractivity contribution in [3.8, 4) is 0 Å². The molecular weight excluding hydrogens is 741 g/mol. The first-order valence-corrected chi connectivity index (χ1v) is 21.3. The summed E-state index contributed by atoms with van der Waals surface area (Å²) in [6.45, 7) is 0. The van der Waals surface area contributed by atoms with Crippen LogP contribution in [0.5, 0.6) is 0 Å². The average molecular weight is 775 g/mol. The van der Waals surface area contributed by atoms with Crippen LogP contribution in [0.15, 0.2) is 206 Å². The van der Waals surface area contributed by atoms with Gasteiger partial charge in [0.25, 0.3) is 0 Å². The van der Waals surface area contributed by atoms with Crippen molar-refractivity contribution in [1.82, 2.24) is 0 Å². The Labute approximate surface area is 343 Å². The fourth-order valence-electron chi connectivity index (χ4n) is 8.73. The Morgan fingerprint density at radius 1 is 0.224 bits per heavy atom. The first-order valence-electron chi connectivity index (χ1n) is 19.6. The van der Waals surface area contributed by atoms with Gasteiger partial charge in [0.2, 0.25) is 0 Å². The molecule has 58 heavy (non-hydrogen) atoms. The van der Waals surface area contributed by atoms with Crippen LogP contribution in [0.4, 0.5) is 34.1 Å². The lowest BCUT2D eigenvalue weighted by Crippen LogP contribution is -2.09. The maximum absolute atomic E-state index is 2.42. The molecule has 0 saturated carbocycles. The van der Waals surface area contributed by atoms with Gasteiger partial charge in [0.05, 0.1) is 0 Å². The van der Waals surface area contributed by atoms with Gasteiger partial charge < -0.3 is 9.80 Å². The summed E-state index contributed by atoms with van der Waals surface area (Å²) >= 11 is 3.76. The highest BCUT2D eigenvalue weighted by molar-refractivity contribution is 7.26. The molecule has 0 bridgehead atoms. The van der Waals surface area contributed by atoms with E-state index in [1.54, 1.807) is 0 Å². The molecule has 0 saturated heterocycles. The van der Waals surface area contributed by atoms with E-state index in [2.05, 4.69) is 216 Å².